The molecular weight excluding hydrogens is 380 g/mol. The Morgan fingerprint density at radius 2 is 1.85 bits per heavy atom. The van der Waals surface area contributed by atoms with Crippen LogP contribution in [0.25, 0.3) is 0 Å². The van der Waals surface area contributed by atoms with Gasteiger partial charge >= 0.3 is 11.9 Å². The molecule has 3 unspecified atom stereocenters. The Hall–Kier alpha value is -2.34. The van der Waals surface area contributed by atoms with Gasteiger partial charge in [-0.05, 0) is 19.3 Å². The van der Waals surface area contributed by atoms with Crippen molar-refractivity contribution in [3.05, 3.63) is 0 Å². The van der Waals surface area contributed by atoms with E-state index in [2.05, 4.69) is 23.3 Å². The van der Waals surface area contributed by atoms with Gasteiger partial charge in [0.1, 0.15) is 18.6 Å². The molecule has 12 heteroatoms. The fraction of sp³-hybridized carbons (Fsp3) is 0.667. The van der Waals surface area contributed by atoms with Crippen molar-refractivity contribution < 1.29 is 34.2 Å². The lowest BCUT2D eigenvalue weighted by Gasteiger charge is -2.27. The maximum Gasteiger partial charge on any atom is 0.322 e. The lowest BCUT2D eigenvalue weighted by atomic mass is 10.1. The predicted octanol–water partition coefficient (Wildman–Crippen LogP) is -2.22. The van der Waals surface area contributed by atoms with Crippen molar-refractivity contribution in [1.82, 2.24) is 15.5 Å². The summed E-state index contributed by atoms with van der Waals surface area (Å²) in [6, 6.07) is -2.92. The third kappa shape index (κ3) is 7.06. The molecule has 0 spiro atoms. The van der Waals surface area contributed by atoms with Crippen molar-refractivity contribution in [3.63, 3.8) is 0 Å². The molecule has 152 valence electrons. The maximum absolute atomic E-state index is 12.5. The van der Waals surface area contributed by atoms with Crippen LogP contribution in [0, 0.1) is 0 Å². The fourth-order valence-electron chi connectivity index (χ4n) is 2.67. The lowest BCUT2D eigenvalue weighted by Crippen LogP contribution is -2.56. The zero-order valence-electron chi connectivity index (χ0n) is 14.6. The monoisotopic (exact) mass is 404 g/mol. The van der Waals surface area contributed by atoms with Crippen LogP contribution in [0.2, 0.25) is 0 Å². The van der Waals surface area contributed by atoms with Crippen LogP contribution in [0.4, 0.5) is 0 Å². The molecule has 1 fully saturated rings. The molecule has 0 aromatic carbocycles. The van der Waals surface area contributed by atoms with Gasteiger partial charge in [-0.2, -0.15) is 12.6 Å². The minimum absolute atomic E-state index is 0.0458. The van der Waals surface area contributed by atoms with Crippen LogP contribution < -0.4 is 16.4 Å². The smallest absolute Gasteiger partial charge is 0.322 e. The van der Waals surface area contributed by atoms with Crippen LogP contribution in [0.1, 0.15) is 25.7 Å². The van der Waals surface area contributed by atoms with Gasteiger partial charge in [0, 0.05) is 18.7 Å². The molecule has 27 heavy (non-hydrogen) atoms. The van der Waals surface area contributed by atoms with E-state index in [1.807, 2.05) is 0 Å². The number of likely N-dealkylation sites (tertiary alicyclic amines) is 1. The number of hydrogen-bond donors (Lipinski definition) is 6. The molecule has 1 aliphatic heterocycles. The first kappa shape index (κ1) is 22.7. The number of thiol groups is 1. The highest BCUT2D eigenvalue weighted by Gasteiger charge is 2.37. The molecule has 6 N–H and O–H groups in total. The molecule has 0 saturated carbocycles. The molecule has 11 nitrogen and oxygen atoms in total. The summed E-state index contributed by atoms with van der Waals surface area (Å²) in [6.45, 7) is -0.292. The van der Waals surface area contributed by atoms with E-state index in [9.17, 15) is 24.0 Å². The zero-order valence-corrected chi connectivity index (χ0v) is 15.5. The number of amides is 3. The molecular formula is C15H24N4O7S. The van der Waals surface area contributed by atoms with E-state index in [1.54, 1.807) is 0 Å². The second-order valence-electron chi connectivity index (χ2n) is 6.08. The summed E-state index contributed by atoms with van der Waals surface area (Å²) in [4.78, 5) is 59.2. The first-order valence-electron chi connectivity index (χ1n) is 8.36. The van der Waals surface area contributed by atoms with Crippen LogP contribution in [-0.2, 0) is 24.0 Å². The Morgan fingerprint density at radius 3 is 2.41 bits per heavy atom. The standard InChI is InChI=1S/C15H24N4O7S/c16-8(3-4-11(20)21)15(26)19-5-1-2-10(19)14(25)18-9(7-27)13(24)17-6-12(22)23/h8-10,27H,1-7,16H2,(H,17,24)(H,18,25)(H,20,21)(H,22,23). The summed E-state index contributed by atoms with van der Waals surface area (Å²) in [6.07, 6.45) is 0.629. The number of hydrogen-bond acceptors (Lipinski definition) is 7. The van der Waals surface area contributed by atoms with Crippen LogP contribution in [-0.4, -0.2) is 81.7 Å². The zero-order chi connectivity index (χ0) is 20.6. The van der Waals surface area contributed by atoms with Crippen molar-refractivity contribution in [2.75, 3.05) is 18.8 Å². The van der Waals surface area contributed by atoms with Crippen molar-refractivity contribution in [2.24, 2.45) is 5.73 Å². The minimum Gasteiger partial charge on any atom is -0.481 e. The summed E-state index contributed by atoms with van der Waals surface area (Å²) in [5, 5.41) is 21.9. The third-order valence-corrected chi connectivity index (χ3v) is 4.42. The molecule has 3 atom stereocenters. The predicted molar refractivity (Wildman–Crippen MR) is 96.0 cm³/mol. The number of carboxylic acids is 2. The number of carboxylic acid groups (broad SMARTS) is 2. The SMILES string of the molecule is NC(CCC(=O)O)C(=O)N1CCCC1C(=O)NC(CS)C(=O)NCC(=O)O. The first-order valence-corrected chi connectivity index (χ1v) is 8.99. The summed E-state index contributed by atoms with van der Waals surface area (Å²) in [5.74, 6) is -4.15. The van der Waals surface area contributed by atoms with E-state index in [0.29, 0.717) is 19.4 Å². The molecule has 0 aromatic heterocycles. The van der Waals surface area contributed by atoms with E-state index >= 15 is 0 Å². The van der Waals surface area contributed by atoms with E-state index in [0.717, 1.165) is 0 Å². The van der Waals surface area contributed by atoms with Crippen molar-refractivity contribution in [2.45, 2.75) is 43.8 Å². The van der Waals surface area contributed by atoms with E-state index < -0.39 is 54.3 Å². The highest BCUT2D eigenvalue weighted by molar-refractivity contribution is 7.80. The Kier molecular flexibility index (Phi) is 9.02. The van der Waals surface area contributed by atoms with Gasteiger partial charge in [0.15, 0.2) is 0 Å². The van der Waals surface area contributed by atoms with E-state index in [-0.39, 0.29) is 18.6 Å². The summed E-state index contributed by atoms with van der Waals surface area (Å²) >= 11 is 3.98. The Bertz CT molecular complexity index is 601. The van der Waals surface area contributed by atoms with Crippen LogP contribution >= 0.6 is 12.6 Å². The number of carbonyl (C=O) groups is 5. The fourth-order valence-corrected chi connectivity index (χ4v) is 2.92. The quantitative estimate of drug-likeness (QED) is 0.222. The van der Waals surface area contributed by atoms with Gasteiger partial charge < -0.3 is 31.5 Å². The number of nitrogens with two attached hydrogens (primary N) is 1. The first-order chi connectivity index (χ1) is 12.7. The highest BCUT2D eigenvalue weighted by atomic mass is 32.1. The van der Waals surface area contributed by atoms with Crippen molar-refractivity contribution in [1.29, 1.82) is 0 Å². The Balaban J connectivity index is 2.68. The number of carbonyl (C=O) groups excluding carboxylic acids is 3. The number of aliphatic carboxylic acids is 2. The largest absolute Gasteiger partial charge is 0.481 e. The minimum atomic E-state index is -1.23. The molecule has 1 saturated heterocycles. The van der Waals surface area contributed by atoms with Gasteiger partial charge in [0.2, 0.25) is 17.7 Å². The summed E-state index contributed by atoms with van der Waals surface area (Å²) in [5.41, 5.74) is 5.73. The third-order valence-electron chi connectivity index (χ3n) is 4.05. The van der Waals surface area contributed by atoms with Crippen LogP contribution in [0.5, 0.6) is 0 Å². The molecule has 0 aliphatic carbocycles. The number of nitrogens with one attached hydrogen (secondary N) is 2. The Labute approximate surface area is 161 Å². The molecule has 0 radical (unpaired) electrons. The molecule has 3 amide bonds. The maximum atomic E-state index is 12.5. The van der Waals surface area contributed by atoms with Crippen molar-refractivity contribution in [3.8, 4) is 0 Å². The van der Waals surface area contributed by atoms with Crippen LogP contribution in [0.15, 0.2) is 0 Å². The second kappa shape index (κ2) is 10.7. The van der Waals surface area contributed by atoms with Gasteiger partial charge in [-0.1, -0.05) is 0 Å². The number of nitrogens with zero attached hydrogens (tertiary/aromatic N) is 1. The van der Waals surface area contributed by atoms with E-state index in [1.165, 1.54) is 4.90 Å². The van der Waals surface area contributed by atoms with Gasteiger partial charge in [0.05, 0.1) is 6.04 Å². The lowest BCUT2D eigenvalue weighted by molar-refractivity contribution is -0.141. The molecule has 1 aliphatic rings. The Morgan fingerprint density at radius 1 is 1.19 bits per heavy atom. The molecule has 0 bridgehead atoms. The van der Waals surface area contributed by atoms with Gasteiger partial charge in [-0.15, -0.1) is 0 Å². The van der Waals surface area contributed by atoms with Gasteiger partial charge in [-0.3, -0.25) is 24.0 Å². The second-order valence-corrected chi connectivity index (χ2v) is 6.45. The average molecular weight is 404 g/mol. The molecule has 0 aromatic rings. The van der Waals surface area contributed by atoms with E-state index in [4.69, 9.17) is 15.9 Å². The molecule has 1 heterocycles. The number of rotatable bonds is 10. The average Bonchev–Trinajstić information content (AvgIpc) is 3.10. The van der Waals surface area contributed by atoms with Gasteiger partial charge in [0.25, 0.3) is 0 Å². The van der Waals surface area contributed by atoms with Gasteiger partial charge in [-0.25, -0.2) is 0 Å². The van der Waals surface area contributed by atoms with Crippen LogP contribution in [0.3, 0.4) is 0 Å². The van der Waals surface area contributed by atoms with Crippen molar-refractivity contribution >= 4 is 42.3 Å². The summed E-state index contributed by atoms with van der Waals surface area (Å²) < 4.78 is 0. The molecule has 1 rings (SSSR count). The topological polar surface area (TPSA) is 179 Å². The highest BCUT2D eigenvalue weighted by Crippen LogP contribution is 2.19. The summed E-state index contributed by atoms with van der Waals surface area (Å²) in [7, 11) is 0. The normalized spacial score (nSPS) is 18.4.